The van der Waals surface area contributed by atoms with E-state index >= 15 is 0 Å². The summed E-state index contributed by atoms with van der Waals surface area (Å²) in [7, 11) is 0. The number of rotatable bonds is 7. The molecule has 0 aliphatic carbocycles. The minimum atomic E-state index is -1.04. The highest BCUT2D eigenvalue weighted by molar-refractivity contribution is 6.35. The van der Waals surface area contributed by atoms with E-state index in [4.69, 9.17) is 23.2 Å². The summed E-state index contributed by atoms with van der Waals surface area (Å²) in [4.78, 5) is 38.7. The number of aryl methyl sites for hydroxylation is 1. The largest absolute Gasteiger partial charge is 0.348 e. The van der Waals surface area contributed by atoms with Crippen LogP contribution >= 0.6 is 23.2 Å². The molecule has 0 radical (unpaired) electrons. The fourth-order valence-corrected chi connectivity index (χ4v) is 4.03. The number of halogens is 2. The molecule has 0 saturated carbocycles. The molecule has 1 aliphatic rings. The Balaban J connectivity index is 1.61. The van der Waals surface area contributed by atoms with Crippen LogP contribution in [-0.4, -0.2) is 34.8 Å². The van der Waals surface area contributed by atoms with Gasteiger partial charge in [-0.2, -0.15) is 0 Å². The lowest BCUT2D eigenvalue weighted by molar-refractivity contribution is -0.134. The van der Waals surface area contributed by atoms with Crippen molar-refractivity contribution in [3.8, 4) is 0 Å². The molecule has 0 spiro atoms. The number of amides is 4. The average Bonchev–Trinajstić information content (AvgIpc) is 2.90. The second-order valence-corrected chi connectivity index (χ2v) is 8.44. The maximum atomic E-state index is 12.9. The quantitative estimate of drug-likeness (QED) is 0.626. The van der Waals surface area contributed by atoms with Crippen LogP contribution in [0.3, 0.4) is 0 Å². The lowest BCUT2D eigenvalue weighted by Gasteiger charge is -2.22. The Bertz CT molecular complexity index is 967. The molecule has 0 bridgehead atoms. The van der Waals surface area contributed by atoms with E-state index in [9.17, 15) is 14.4 Å². The third kappa shape index (κ3) is 4.94. The smallest absolute Gasteiger partial charge is 0.325 e. The second-order valence-electron chi connectivity index (χ2n) is 7.59. The molecule has 3 rings (SSSR count). The molecule has 158 valence electrons. The predicted molar refractivity (Wildman–Crippen MR) is 116 cm³/mol. The fraction of sp³-hybridized carbons (Fsp3) is 0.318. The van der Waals surface area contributed by atoms with Crippen molar-refractivity contribution in [3.63, 3.8) is 0 Å². The highest BCUT2D eigenvalue weighted by Gasteiger charge is 2.47. The van der Waals surface area contributed by atoms with Crippen LogP contribution in [0.15, 0.2) is 48.5 Å². The number of urea groups is 1. The van der Waals surface area contributed by atoms with Crippen molar-refractivity contribution in [2.24, 2.45) is 0 Å². The number of carbonyl (C=O) groups is 3. The first-order chi connectivity index (χ1) is 14.2. The average molecular weight is 448 g/mol. The first-order valence-electron chi connectivity index (χ1n) is 9.62. The SMILES string of the molecule is C[C@H](NC(=O)CN1C(=O)N[C@](C)(CCc2ccccc2)C1=O)c1ccc(Cl)cc1Cl. The first-order valence-corrected chi connectivity index (χ1v) is 10.4. The van der Waals surface area contributed by atoms with Crippen LogP contribution in [-0.2, 0) is 16.0 Å². The minimum Gasteiger partial charge on any atom is -0.348 e. The van der Waals surface area contributed by atoms with Crippen molar-refractivity contribution in [1.29, 1.82) is 0 Å². The van der Waals surface area contributed by atoms with Gasteiger partial charge in [-0.25, -0.2) is 4.79 Å². The van der Waals surface area contributed by atoms with Crippen LogP contribution < -0.4 is 10.6 Å². The van der Waals surface area contributed by atoms with Gasteiger partial charge in [-0.3, -0.25) is 14.5 Å². The van der Waals surface area contributed by atoms with Gasteiger partial charge in [0.25, 0.3) is 5.91 Å². The van der Waals surface area contributed by atoms with E-state index in [0.717, 1.165) is 10.5 Å². The van der Waals surface area contributed by atoms with Gasteiger partial charge in [0.05, 0.1) is 6.04 Å². The predicted octanol–water partition coefficient (Wildman–Crippen LogP) is 4.11. The van der Waals surface area contributed by atoms with Crippen LogP contribution in [0.4, 0.5) is 4.79 Å². The Morgan fingerprint density at radius 3 is 2.53 bits per heavy atom. The van der Waals surface area contributed by atoms with Gasteiger partial charge >= 0.3 is 6.03 Å². The number of nitrogens with zero attached hydrogens (tertiary/aromatic N) is 1. The van der Waals surface area contributed by atoms with E-state index in [1.54, 1.807) is 32.0 Å². The number of carbonyl (C=O) groups excluding carboxylic acids is 3. The van der Waals surface area contributed by atoms with Crippen molar-refractivity contribution in [3.05, 3.63) is 69.7 Å². The van der Waals surface area contributed by atoms with E-state index in [2.05, 4.69) is 10.6 Å². The topological polar surface area (TPSA) is 78.5 Å². The molecule has 30 heavy (non-hydrogen) atoms. The third-order valence-corrected chi connectivity index (χ3v) is 5.77. The zero-order valence-corrected chi connectivity index (χ0v) is 18.3. The van der Waals surface area contributed by atoms with Gasteiger partial charge in [-0.1, -0.05) is 59.6 Å². The van der Waals surface area contributed by atoms with E-state index in [-0.39, 0.29) is 6.54 Å². The summed E-state index contributed by atoms with van der Waals surface area (Å²) in [5.74, 6) is -0.861. The molecule has 0 aromatic heterocycles. The Morgan fingerprint density at radius 2 is 1.87 bits per heavy atom. The molecule has 2 aromatic carbocycles. The maximum Gasteiger partial charge on any atom is 0.325 e. The molecule has 1 heterocycles. The van der Waals surface area contributed by atoms with Crippen molar-refractivity contribution in [2.45, 2.75) is 38.3 Å². The van der Waals surface area contributed by atoms with E-state index in [1.807, 2.05) is 30.3 Å². The van der Waals surface area contributed by atoms with Gasteiger partial charge in [0.1, 0.15) is 12.1 Å². The summed E-state index contributed by atoms with van der Waals surface area (Å²) in [6, 6.07) is 13.7. The lowest BCUT2D eigenvalue weighted by atomic mass is 9.93. The second kappa shape index (κ2) is 9.06. The van der Waals surface area contributed by atoms with Gasteiger partial charge in [0.15, 0.2) is 0 Å². The molecule has 1 aliphatic heterocycles. The summed E-state index contributed by atoms with van der Waals surface area (Å²) in [6.07, 6.45) is 1.08. The summed E-state index contributed by atoms with van der Waals surface area (Å²) < 4.78 is 0. The zero-order chi connectivity index (χ0) is 21.9. The zero-order valence-electron chi connectivity index (χ0n) is 16.7. The summed E-state index contributed by atoms with van der Waals surface area (Å²) in [5.41, 5.74) is 0.725. The van der Waals surface area contributed by atoms with E-state index in [1.165, 1.54) is 0 Å². The van der Waals surface area contributed by atoms with Gasteiger partial charge in [0.2, 0.25) is 5.91 Å². The first kappa shape index (κ1) is 22.1. The Morgan fingerprint density at radius 1 is 1.17 bits per heavy atom. The summed E-state index contributed by atoms with van der Waals surface area (Å²) >= 11 is 12.1. The number of hydrogen-bond acceptors (Lipinski definition) is 3. The summed E-state index contributed by atoms with van der Waals surface area (Å²) in [5, 5.41) is 6.42. The van der Waals surface area contributed by atoms with Gasteiger partial charge in [-0.15, -0.1) is 0 Å². The number of imide groups is 1. The minimum absolute atomic E-state index is 0.360. The Labute approximate surface area is 185 Å². The molecule has 1 saturated heterocycles. The summed E-state index contributed by atoms with van der Waals surface area (Å²) in [6.45, 7) is 3.09. The molecule has 2 N–H and O–H groups in total. The fourth-order valence-electron chi connectivity index (χ4n) is 3.46. The molecule has 4 amide bonds. The molecule has 2 aromatic rings. The van der Waals surface area contributed by atoms with Crippen molar-refractivity contribution in [2.75, 3.05) is 6.54 Å². The number of nitrogens with one attached hydrogen (secondary N) is 2. The van der Waals surface area contributed by atoms with Crippen molar-refractivity contribution in [1.82, 2.24) is 15.5 Å². The molecular weight excluding hydrogens is 425 g/mol. The van der Waals surface area contributed by atoms with E-state index < -0.39 is 29.4 Å². The maximum absolute atomic E-state index is 12.9. The van der Waals surface area contributed by atoms with Crippen LogP contribution in [0.5, 0.6) is 0 Å². The van der Waals surface area contributed by atoms with Crippen LogP contribution in [0, 0.1) is 0 Å². The van der Waals surface area contributed by atoms with E-state index in [0.29, 0.717) is 28.5 Å². The Kier molecular flexibility index (Phi) is 6.68. The van der Waals surface area contributed by atoms with Gasteiger partial charge < -0.3 is 10.6 Å². The van der Waals surface area contributed by atoms with Crippen LogP contribution in [0.2, 0.25) is 10.0 Å². The number of hydrogen-bond donors (Lipinski definition) is 2. The molecule has 0 unspecified atom stereocenters. The molecular formula is C22H23Cl2N3O3. The normalized spacial score (nSPS) is 19.5. The molecule has 2 atom stereocenters. The molecule has 6 nitrogen and oxygen atoms in total. The van der Waals surface area contributed by atoms with Crippen molar-refractivity contribution < 1.29 is 14.4 Å². The highest BCUT2D eigenvalue weighted by Crippen LogP contribution is 2.26. The number of benzene rings is 2. The molecule has 1 fully saturated rings. The Hall–Kier alpha value is -2.57. The van der Waals surface area contributed by atoms with Crippen LogP contribution in [0.25, 0.3) is 0 Å². The lowest BCUT2D eigenvalue weighted by Crippen LogP contribution is -2.45. The monoisotopic (exact) mass is 447 g/mol. The van der Waals surface area contributed by atoms with Gasteiger partial charge in [0, 0.05) is 10.0 Å². The standard InChI is InChI=1S/C22H23Cl2N3O3/c1-14(17-9-8-16(23)12-18(17)24)25-19(28)13-27-20(29)22(2,26-21(27)30)11-10-15-6-4-3-5-7-15/h3-9,12,14H,10-11,13H2,1-2H3,(H,25,28)(H,26,30)/t14-,22+/m0/s1. The highest BCUT2D eigenvalue weighted by atomic mass is 35.5. The third-order valence-electron chi connectivity index (χ3n) is 5.21. The van der Waals surface area contributed by atoms with Crippen LogP contribution in [0.1, 0.15) is 37.4 Å². The van der Waals surface area contributed by atoms with Gasteiger partial charge in [-0.05, 0) is 49.9 Å². The molecule has 8 heteroatoms. The van der Waals surface area contributed by atoms with Crippen molar-refractivity contribution >= 4 is 41.0 Å².